The molecule has 1 aromatic heterocycles. The van der Waals surface area contributed by atoms with Gasteiger partial charge in [0, 0.05) is 10.9 Å². The monoisotopic (exact) mass is 380 g/mol. The van der Waals surface area contributed by atoms with E-state index in [2.05, 4.69) is 24.1 Å². The Labute approximate surface area is 162 Å². The molecular formula is C21H20N2O3S. The first kappa shape index (κ1) is 18.8. The third-order valence-electron chi connectivity index (χ3n) is 3.97. The number of hydrogen-bond donors (Lipinski definition) is 1. The zero-order valence-corrected chi connectivity index (χ0v) is 16.0. The van der Waals surface area contributed by atoms with Crippen molar-refractivity contribution < 1.29 is 14.3 Å². The van der Waals surface area contributed by atoms with E-state index < -0.39 is 11.9 Å². The van der Waals surface area contributed by atoms with Gasteiger partial charge in [0.2, 0.25) is 0 Å². The summed E-state index contributed by atoms with van der Waals surface area (Å²) >= 11 is 1.32. The third-order valence-corrected chi connectivity index (χ3v) is 4.73. The SMILES string of the molecule is CC(C)c1ccc(C(=O)OCC(=O)Nc2nc(-c3ccccc3)cs2)cc1. The van der Waals surface area contributed by atoms with E-state index in [1.807, 2.05) is 47.8 Å². The molecule has 1 N–H and O–H groups in total. The maximum Gasteiger partial charge on any atom is 0.338 e. The van der Waals surface area contributed by atoms with Crippen LogP contribution in [-0.4, -0.2) is 23.5 Å². The molecule has 0 unspecified atom stereocenters. The number of aromatic nitrogens is 1. The van der Waals surface area contributed by atoms with Gasteiger partial charge in [-0.25, -0.2) is 9.78 Å². The van der Waals surface area contributed by atoms with Crippen molar-refractivity contribution in [3.8, 4) is 11.3 Å². The van der Waals surface area contributed by atoms with Crippen molar-refractivity contribution >= 4 is 28.3 Å². The molecule has 27 heavy (non-hydrogen) atoms. The molecule has 1 heterocycles. The van der Waals surface area contributed by atoms with Crippen LogP contribution in [0.1, 0.15) is 35.7 Å². The third kappa shape index (κ3) is 5.01. The van der Waals surface area contributed by atoms with Crippen molar-refractivity contribution in [2.75, 3.05) is 11.9 Å². The minimum absolute atomic E-state index is 0.356. The lowest BCUT2D eigenvalue weighted by molar-refractivity contribution is -0.119. The van der Waals surface area contributed by atoms with E-state index in [-0.39, 0.29) is 6.61 Å². The molecule has 138 valence electrons. The largest absolute Gasteiger partial charge is 0.452 e. The van der Waals surface area contributed by atoms with Gasteiger partial charge < -0.3 is 4.74 Å². The standard InChI is InChI=1S/C21H20N2O3S/c1-14(2)15-8-10-17(11-9-15)20(25)26-12-19(24)23-21-22-18(13-27-21)16-6-4-3-5-7-16/h3-11,13-14H,12H2,1-2H3,(H,22,23,24). The summed E-state index contributed by atoms with van der Waals surface area (Å²) in [6.45, 7) is 3.81. The zero-order valence-electron chi connectivity index (χ0n) is 15.1. The van der Waals surface area contributed by atoms with Crippen molar-refractivity contribution in [2.24, 2.45) is 0 Å². The minimum Gasteiger partial charge on any atom is -0.452 e. The Bertz CT molecular complexity index is 918. The zero-order chi connectivity index (χ0) is 19.2. The van der Waals surface area contributed by atoms with Crippen LogP contribution in [0.25, 0.3) is 11.3 Å². The van der Waals surface area contributed by atoms with Crippen molar-refractivity contribution in [1.82, 2.24) is 4.98 Å². The summed E-state index contributed by atoms with van der Waals surface area (Å²) in [4.78, 5) is 28.5. The van der Waals surface area contributed by atoms with Crippen LogP contribution < -0.4 is 5.32 Å². The second-order valence-electron chi connectivity index (χ2n) is 6.30. The number of thiazole rings is 1. The number of nitrogens with one attached hydrogen (secondary N) is 1. The number of hydrogen-bond acceptors (Lipinski definition) is 5. The molecule has 0 atom stereocenters. The normalized spacial score (nSPS) is 10.6. The number of esters is 1. The Morgan fingerprint density at radius 3 is 2.44 bits per heavy atom. The second-order valence-corrected chi connectivity index (χ2v) is 7.16. The maximum atomic E-state index is 12.1. The number of nitrogens with zero attached hydrogens (tertiary/aromatic N) is 1. The quantitative estimate of drug-likeness (QED) is 0.628. The fourth-order valence-electron chi connectivity index (χ4n) is 2.45. The van der Waals surface area contributed by atoms with Gasteiger partial charge in [-0.3, -0.25) is 10.1 Å². The summed E-state index contributed by atoms with van der Waals surface area (Å²) in [6.07, 6.45) is 0. The van der Waals surface area contributed by atoms with Crippen LogP contribution in [0.15, 0.2) is 60.0 Å². The van der Waals surface area contributed by atoms with E-state index in [9.17, 15) is 9.59 Å². The molecule has 5 nitrogen and oxygen atoms in total. The molecule has 2 aromatic carbocycles. The van der Waals surface area contributed by atoms with E-state index in [4.69, 9.17) is 4.74 Å². The first-order valence-electron chi connectivity index (χ1n) is 8.61. The summed E-state index contributed by atoms with van der Waals surface area (Å²) in [6, 6.07) is 16.9. The maximum absolute atomic E-state index is 12.1. The average molecular weight is 380 g/mol. The Hall–Kier alpha value is -2.99. The number of anilines is 1. The van der Waals surface area contributed by atoms with E-state index in [0.29, 0.717) is 16.6 Å². The molecule has 3 rings (SSSR count). The summed E-state index contributed by atoms with van der Waals surface area (Å²) in [5.74, 6) is -0.555. The van der Waals surface area contributed by atoms with Crippen LogP contribution >= 0.6 is 11.3 Å². The van der Waals surface area contributed by atoms with Gasteiger partial charge in [0.25, 0.3) is 5.91 Å². The highest BCUT2D eigenvalue weighted by atomic mass is 32.1. The number of rotatable bonds is 6. The van der Waals surface area contributed by atoms with Gasteiger partial charge in [0.15, 0.2) is 11.7 Å². The summed E-state index contributed by atoms with van der Waals surface area (Å²) in [5.41, 5.74) is 3.33. The second kappa shape index (κ2) is 8.60. The highest BCUT2D eigenvalue weighted by molar-refractivity contribution is 7.14. The first-order valence-corrected chi connectivity index (χ1v) is 9.49. The Morgan fingerprint density at radius 2 is 1.78 bits per heavy atom. The Morgan fingerprint density at radius 1 is 1.07 bits per heavy atom. The van der Waals surface area contributed by atoms with Gasteiger partial charge in [-0.2, -0.15) is 0 Å². The summed E-state index contributed by atoms with van der Waals surface area (Å²) in [7, 11) is 0. The lowest BCUT2D eigenvalue weighted by atomic mass is 10.0. The first-order chi connectivity index (χ1) is 13.0. The number of benzene rings is 2. The molecule has 0 aliphatic carbocycles. The fraction of sp³-hybridized carbons (Fsp3) is 0.190. The van der Waals surface area contributed by atoms with Gasteiger partial charge >= 0.3 is 5.97 Å². The molecule has 3 aromatic rings. The highest BCUT2D eigenvalue weighted by Gasteiger charge is 2.12. The van der Waals surface area contributed by atoms with Crippen LogP contribution in [0.4, 0.5) is 5.13 Å². The molecular weight excluding hydrogens is 360 g/mol. The number of ether oxygens (including phenoxy) is 1. The predicted molar refractivity (Wildman–Crippen MR) is 107 cm³/mol. The molecule has 0 spiro atoms. The molecule has 0 radical (unpaired) electrons. The predicted octanol–water partition coefficient (Wildman–Crippen LogP) is 4.73. The fourth-order valence-corrected chi connectivity index (χ4v) is 3.18. The highest BCUT2D eigenvalue weighted by Crippen LogP contribution is 2.24. The molecule has 0 aliphatic rings. The van der Waals surface area contributed by atoms with Crippen LogP contribution in [0, 0.1) is 0 Å². The molecule has 0 saturated carbocycles. The lowest BCUT2D eigenvalue weighted by Gasteiger charge is -2.07. The van der Waals surface area contributed by atoms with Crippen molar-refractivity contribution in [2.45, 2.75) is 19.8 Å². The van der Waals surface area contributed by atoms with Gasteiger partial charge in [0.05, 0.1) is 11.3 Å². The van der Waals surface area contributed by atoms with Crippen LogP contribution in [0.2, 0.25) is 0 Å². The molecule has 0 saturated heterocycles. The lowest BCUT2D eigenvalue weighted by Crippen LogP contribution is -2.20. The molecule has 0 bridgehead atoms. The van der Waals surface area contributed by atoms with Crippen molar-refractivity contribution in [3.05, 3.63) is 71.1 Å². The van der Waals surface area contributed by atoms with Crippen LogP contribution in [0.5, 0.6) is 0 Å². The van der Waals surface area contributed by atoms with E-state index in [1.165, 1.54) is 11.3 Å². The number of amides is 1. The Balaban J connectivity index is 1.52. The molecule has 0 aliphatic heterocycles. The smallest absolute Gasteiger partial charge is 0.338 e. The number of carbonyl (C=O) groups is 2. The van der Waals surface area contributed by atoms with E-state index in [0.717, 1.165) is 16.8 Å². The van der Waals surface area contributed by atoms with Gasteiger partial charge in [-0.15, -0.1) is 11.3 Å². The van der Waals surface area contributed by atoms with Gasteiger partial charge in [-0.1, -0.05) is 56.3 Å². The summed E-state index contributed by atoms with van der Waals surface area (Å²) in [5, 5.41) is 4.99. The molecule has 1 amide bonds. The van der Waals surface area contributed by atoms with Gasteiger partial charge in [-0.05, 0) is 23.6 Å². The van der Waals surface area contributed by atoms with Crippen LogP contribution in [0.3, 0.4) is 0 Å². The minimum atomic E-state index is -0.524. The number of carbonyl (C=O) groups excluding carboxylic acids is 2. The van der Waals surface area contributed by atoms with Gasteiger partial charge in [0.1, 0.15) is 0 Å². The van der Waals surface area contributed by atoms with Crippen molar-refractivity contribution in [1.29, 1.82) is 0 Å². The van der Waals surface area contributed by atoms with Crippen LogP contribution in [-0.2, 0) is 9.53 Å². The Kier molecular flexibility index (Phi) is 5.98. The topological polar surface area (TPSA) is 68.3 Å². The molecule has 0 fully saturated rings. The average Bonchev–Trinajstić information content (AvgIpc) is 3.15. The van der Waals surface area contributed by atoms with E-state index >= 15 is 0 Å². The summed E-state index contributed by atoms with van der Waals surface area (Å²) < 4.78 is 5.08. The van der Waals surface area contributed by atoms with Crippen molar-refractivity contribution in [3.63, 3.8) is 0 Å². The van der Waals surface area contributed by atoms with E-state index in [1.54, 1.807) is 12.1 Å². The molecule has 6 heteroatoms.